The molecule has 1 N–H and O–H groups in total. The van der Waals surface area contributed by atoms with Crippen molar-refractivity contribution < 1.29 is 9.53 Å². The number of anilines is 2. The third kappa shape index (κ3) is 2.88. The molecule has 0 saturated heterocycles. The van der Waals surface area contributed by atoms with Crippen LogP contribution < -0.4 is 15.0 Å². The maximum atomic E-state index is 12.3. The van der Waals surface area contributed by atoms with Crippen molar-refractivity contribution in [3.8, 4) is 5.75 Å². The summed E-state index contributed by atoms with van der Waals surface area (Å²) in [6.45, 7) is 0. The van der Waals surface area contributed by atoms with Gasteiger partial charge in [-0.3, -0.25) is 4.79 Å². The van der Waals surface area contributed by atoms with Crippen molar-refractivity contribution in [2.75, 3.05) is 31.4 Å². The van der Waals surface area contributed by atoms with Gasteiger partial charge in [-0.2, -0.15) is 0 Å². The predicted octanol–water partition coefficient (Wildman–Crippen LogP) is 2.41. The van der Waals surface area contributed by atoms with Gasteiger partial charge in [-0.05, 0) is 36.4 Å². The molecule has 1 amide bonds. The maximum absolute atomic E-state index is 12.3. The van der Waals surface area contributed by atoms with E-state index in [0.717, 1.165) is 17.3 Å². The number of hydrogen-bond donors (Lipinski definition) is 1. The molecule has 0 atom stereocenters. The molecule has 0 aliphatic carbocycles. The van der Waals surface area contributed by atoms with Gasteiger partial charge in [-0.15, -0.1) is 0 Å². The van der Waals surface area contributed by atoms with E-state index >= 15 is 0 Å². The lowest BCUT2D eigenvalue weighted by molar-refractivity contribution is 0.0992. The molecule has 2 rings (SSSR count). The van der Waals surface area contributed by atoms with Crippen LogP contribution in [0.3, 0.4) is 0 Å². The number of amides is 1. The number of aromatic nitrogens is 1. The lowest BCUT2D eigenvalue weighted by Crippen LogP contribution is -2.26. The summed E-state index contributed by atoms with van der Waals surface area (Å²) in [7, 11) is 5.13. The van der Waals surface area contributed by atoms with Gasteiger partial charge in [0.1, 0.15) is 11.6 Å². The highest BCUT2D eigenvalue weighted by atomic mass is 16.5. The second-order valence-corrected chi connectivity index (χ2v) is 4.24. The third-order valence-electron chi connectivity index (χ3n) is 3.03. The van der Waals surface area contributed by atoms with E-state index in [1.807, 2.05) is 24.3 Å². The topological polar surface area (TPSA) is 54.5 Å². The van der Waals surface area contributed by atoms with Crippen molar-refractivity contribution in [1.82, 2.24) is 4.98 Å². The van der Waals surface area contributed by atoms with Crippen LogP contribution in [-0.4, -0.2) is 32.1 Å². The summed E-state index contributed by atoms with van der Waals surface area (Å²) >= 11 is 0. The zero-order valence-corrected chi connectivity index (χ0v) is 11.8. The van der Waals surface area contributed by atoms with E-state index < -0.39 is 0 Å². The Balaban J connectivity index is 2.17. The van der Waals surface area contributed by atoms with Crippen molar-refractivity contribution in [2.45, 2.75) is 0 Å². The Labute approximate surface area is 118 Å². The van der Waals surface area contributed by atoms with Gasteiger partial charge >= 0.3 is 0 Å². The Bertz CT molecular complexity index is 579. The Hall–Kier alpha value is -2.56. The number of pyridine rings is 1. The molecule has 20 heavy (non-hydrogen) atoms. The van der Waals surface area contributed by atoms with Gasteiger partial charge < -0.3 is 15.0 Å². The number of benzene rings is 1. The Morgan fingerprint density at radius 1 is 1.20 bits per heavy atom. The zero-order valence-electron chi connectivity index (χ0n) is 11.8. The molecule has 1 heterocycles. The summed E-state index contributed by atoms with van der Waals surface area (Å²) in [5.41, 5.74) is 1.34. The Morgan fingerprint density at radius 2 is 1.90 bits per heavy atom. The highest BCUT2D eigenvalue weighted by molar-refractivity contribution is 6.05. The van der Waals surface area contributed by atoms with Crippen molar-refractivity contribution in [3.05, 3.63) is 48.2 Å². The number of rotatable bonds is 4. The van der Waals surface area contributed by atoms with E-state index in [2.05, 4.69) is 10.3 Å². The van der Waals surface area contributed by atoms with Gasteiger partial charge in [-0.25, -0.2) is 4.98 Å². The SMILES string of the molecule is CNc1ccc(C(=O)N(C)c2ccc(OC)cc2)cn1. The highest BCUT2D eigenvalue weighted by Crippen LogP contribution is 2.19. The molecule has 0 fully saturated rings. The molecule has 0 bridgehead atoms. The van der Waals surface area contributed by atoms with Crippen molar-refractivity contribution in [2.24, 2.45) is 0 Å². The Kier molecular flexibility index (Phi) is 4.20. The lowest BCUT2D eigenvalue weighted by atomic mass is 10.2. The molecule has 0 aliphatic rings. The first kappa shape index (κ1) is 13.9. The van der Waals surface area contributed by atoms with Crippen molar-refractivity contribution >= 4 is 17.4 Å². The molecule has 1 aromatic carbocycles. The third-order valence-corrected chi connectivity index (χ3v) is 3.03. The smallest absolute Gasteiger partial charge is 0.259 e. The fraction of sp³-hybridized carbons (Fsp3) is 0.200. The average Bonchev–Trinajstić information content (AvgIpc) is 2.53. The summed E-state index contributed by atoms with van der Waals surface area (Å²) in [5.74, 6) is 1.38. The number of hydrogen-bond acceptors (Lipinski definition) is 4. The summed E-state index contributed by atoms with van der Waals surface area (Å²) < 4.78 is 5.10. The van der Waals surface area contributed by atoms with E-state index in [0.29, 0.717) is 5.56 Å². The molecular formula is C15H17N3O2. The minimum atomic E-state index is -0.106. The quantitative estimate of drug-likeness (QED) is 0.927. The van der Waals surface area contributed by atoms with Gasteiger partial charge in [0.2, 0.25) is 0 Å². The van der Waals surface area contributed by atoms with Crippen LogP contribution in [0.1, 0.15) is 10.4 Å². The summed E-state index contributed by atoms with van der Waals surface area (Å²) in [6, 6.07) is 10.8. The minimum Gasteiger partial charge on any atom is -0.497 e. The number of ether oxygens (including phenoxy) is 1. The average molecular weight is 271 g/mol. The zero-order chi connectivity index (χ0) is 14.5. The fourth-order valence-electron chi connectivity index (χ4n) is 1.78. The second-order valence-electron chi connectivity index (χ2n) is 4.24. The van der Waals surface area contributed by atoms with E-state index in [1.54, 1.807) is 44.4 Å². The number of nitrogens with zero attached hydrogens (tertiary/aromatic N) is 2. The van der Waals surface area contributed by atoms with E-state index in [1.165, 1.54) is 0 Å². The van der Waals surface area contributed by atoms with Crippen LogP contribution in [-0.2, 0) is 0 Å². The molecule has 0 radical (unpaired) electrons. The van der Waals surface area contributed by atoms with Gasteiger partial charge in [0.05, 0.1) is 12.7 Å². The fourth-order valence-corrected chi connectivity index (χ4v) is 1.78. The van der Waals surface area contributed by atoms with Crippen LogP contribution in [0.2, 0.25) is 0 Å². The normalized spacial score (nSPS) is 9.95. The number of carbonyl (C=O) groups excluding carboxylic acids is 1. The Morgan fingerprint density at radius 3 is 2.40 bits per heavy atom. The van der Waals surface area contributed by atoms with Gasteiger partial charge in [-0.1, -0.05) is 0 Å². The standard InChI is InChI=1S/C15H17N3O2/c1-16-14-9-4-11(10-17-14)15(19)18(2)12-5-7-13(20-3)8-6-12/h4-10H,1-3H3,(H,16,17). The number of carbonyl (C=O) groups is 1. The van der Waals surface area contributed by atoms with Gasteiger partial charge in [0.25, 0.3) is 5.91 Å². The first-order valence-corrected chi connectivity index (χ1v) is 6.21. The number of methoxy groups -OCH3 is 1. The molecular weight excluding hydrogens is 254 g/mol. The van der Waals surface area contributed by atoms with Crippen LogP contribution in [0.4, 0.5) is 11.5 Å². The van der Waals surface area contributed by atoms with Crippen LogP contribution in [0.25, 0.3) is 0 Å². The maximum Gasteiger partial charge on any atom is 0.259 e. The van der Waals surface area contributed by atoms with Crippen LogP contribution in [0.5, 0.6) is 5.75 Å². The summed E-state index contributed by atoms with van der Waals surface area (Å²) in [6.07, 6.45) is 1.56. The molecule has 0 unspecified atom stereocenters. The molecule has 5 nitrogen and oxygen atoms in total. The number of nitrogens with one attached hydrogen (secondary N) is 1. The summed E-state index contributed by atoms with van der Waals surface area (Å²) in [5, 5.41) is 2.92. The highest BCUT2D eigenvalue weighted by Gasteiger charge is 2.13. The van der Waals surface area contributed by atoms with Crippen LogP contribution in [0, 0.1) is 0 Å². The largest absolute Gasteiger partial charge is 0.497 e. The van der Waals surface area contributed by atoms with Crippen molar-refractivity contribution in [1.29, 1.82) is 0 Å². The molecule has 2 aromatic rings. The van der Waals surface area contributed by atoms with Crippen LogP contribution in [0.15, 0.2) is 42.6 Å². The van der Waals surface area contributed by atoms with Gasteiger partial charge in [0, 0.05) is 26.0 Å². The van der Waals surface area contributed by atoms with E-state index in [4.69, 9.17) is 4.74 Å². The molecule has 0 saturated carbocycles. The predicted molar refractivity (Wildman–Crippen MR) is 79.5 cm³/mol. The van der Waals surface area contributed by atoms with E-state index in [9.17, 15) is 4.79 Å². The molecule has 0 aliphatic heterocycles. The minimum absolute atomic E-state index is 0.106. The monoisotopic (exact) mass is 271 g/mol. The lowest BCUT2D eigenvalue weighted by Gasteiger charge is -2.17. The molecule has 1 aromatic heterocycles. The molecule has 104 valence electrons. The van der Waals surface area contributed by atoms with Gasteiger partial charge in [0.15, 0.2) is 0 Å². The first-order chi connectivity index (χ1) is 9.65. The van der Waals surface area contributed by atoms with Crippen LogP contribution >= 0.6 is 0 Å². The first-order valence-electron chi connectivity index (χ1n) is 6.21. The summed E-state index contributed by atoms with van der Waals surface area (Å²) in [4.78, 5) is 18.1. The molecule has 0 spiro atoms. The van der Waals surface area contributed by atoms with E-state index in [-0.39, 0.29) is 5.91 Å². The van der Waals surface area contributed by atoms with Crippen molar-refractivity contribution in [3.63, 3.8) is 0 Å². The molecule has 5 heteroatoms. The second kappa shape index (κ2) is 6.06.